The molecule has 124 valence electrons. The van der Waals surface area contributed by atoms with Crippen molar-refractivity contribution in [3.63, 3.8) is 0 Å². The number of hydrogen-bond donors (Lipinski definition) is 2. The van der Waals surface area contributed by atoms with Gasteiger partial charge in [-0.1, -0.05) is 0 Å². The van der Waals surface area contributed by atoms with Gasteiger partial charge in [0.1, 0.15) is 11.6 Å². The summed E-state index contributed by atoms with van der Waals surface area (Å²) in [7, 11) is 1.75. The summed E-state index contributed by atoms with van der Waals surface area (Å²) in [5.74, 6) is 1.20. The summed E-state index contributed by atoms with van der Waals surface area (Å²) in [6.45, 7) is 4.19. The first-order chi connectivity index (χ1) is 11.2. The highest BCUT2D eigenvalue weighted by Gasteiger charge is 2.00. The Kier molecular flexibility index (Phi) is 6.87. The Hall–Kier alpha value is -2.08. The molecule has 0 aliphatic carbocycles. The molecule has 0 saturated carbocycles. The third kappa shape index (κ3) is 6.28. The molecular weight excluding hydrogens is 313 g/mol. The monoisotopic (exact) mass is 335 g/mol. The zero-order valence-corrected chi connectivity index (χ0v) is 14.3. The van der Waals surface area contributed by atoms with Crippen LogP contribution in [0.15, 0.2) is 41.4 Å². The molecule has 2 aromatic rings. The maximum absolute atomic E-state index is 12.8. The number of aliphatic imine (C=N–C) groups is 1. The molecule has 2 N–H and O–H groups in total. The van der Waals surface area contributed by atoms with Crippen LogP contribution in [0.4, 0.5) is 4.39 Å². The van der Waals surface area contributed by atoms with Gasteiger partial charge in [0, 0.05) is 23.3 Å². The number of aryl methyl sites for hydroxylation is 1. The number of benzene rings is 1. The molecule has 0 saturated heterocycles. The number of nitrogens with zero attached hydrogens (tertiary/aromatic N) is 1. The summed E-state index contributed by atoms with van der Waals surface area (Å²) in [5, 5.41) is 6.53. The standard InChI is InChI=1S/C17H22FN3OS/c1-13-4-9-16(23-13)12-21-17(19-2)20-10-3-11-22-15-7-5-14(18)6-8-15/h4-9H,3,10-12H2,1-2H3,(H2,19,20,21). The molecule has 0 bridgehead atoms. The predicted octanol–water partition coefficient (Wildman–Crippen LogP) is 3.33. The van der Waals surface area contributed by atoms with Gasteiger partial charge in [-0.25, -0.2) is 4.39 Å². The third-order valence-corrected chi connectivity index (χ3v) is 4.15. The number of guanidine groups is 1. The Morgan fingerprint density at radius 2 is 1.96 bits per heavy atom. The Labute approximate surface area is 140 Å². The van der Waals surface area contributed by atoms with E-state index < -0.39 is 0 Å². The molecule has 0 radical (unpaired) electrons. The molecule has 1 heterocycles. The van der Waals surface area contributed by atoms with E-state index in [9.17, 15) is 4.39 Å². The van der Waals surface area contributed by atoms with Crippen molar-refractivity contribution in [1.82, 2.24) is 10.6 Å². The molecular formula is C17H22FN3OS. The molecule has 2 rings (SSSR count). The summed E-state index contributed by atoms with van der Waals surface area (Å²) < 4.78 is 18.3. The van der Waals surface area contributed by atoms with Crippen molar-refractivity contribution < 1.29 is 9.13 Å². The molecule has 0 atom stereocenters. The number of halogens is 1. The van der Waals surface area contributed by atoms with Crippen LogP contribution in [0.2, 0.25) is 0 Å². The fraction of sp³-hybridized carbons (Fsp3) is 0.353. The van der Waals surface area contributed by atoms with E-state index in [4.69, 9.17) is 4.74 Å². The molecule has 1 aromatic carbocycles. The van der Waals surface area contributed by atoms with Crippen LogP contribution in [-0.2, 0) is 6.54 Å². The van der Waals surface area contributed by atoms with Gasteiger partial charge in [-0.05, 0) is 49.7 Å². The van der Waals surface area contributed by atoms with Gasteiger partial charge in [0.05, 0.1) is 13.2 Å². The Balaban J connectivity index is 1.61. The zero-order valence-electron chi connectivity index (χ0n) is 13.4. The molecule has 0 amide bonds. The van der Waals surface area contributed by atoms with Gasteiger partial charge in [-0.15, -0.1) is 11.3 Å². The minimum Gasteiger partial charge on any atom is -0.494 e. The Morgan fingerprint density at radius 1 is 1.17 bits per heavy atom. The van der Waals surface area contributed by atoms with Gasteiger partial charge < -0.3 is 15.4 Å². The highest BCUT2D eigenvalue weighted by Crippen LogP contribution is 2.14. The van der Waals surface area contributed by atoms with Crippen molar-refractivity contribution in [3.05, 3.63) is 52.0 Å². The fourth-order valence-corrected chi connectivity index (χ4v) is 2.80. The SMILES string of the molecule is CN=C(NCCCOc1ccc(F)cc1)NCc1ccc(C)s1. The molecule has 0 aliphatic heterocycles. The van der Waals surface area contributed by atoms with E-state index in [1.807, 2.05) is 0 Å². The second kappa shape index (κ2) is 9.15. The lowest BCUT2D eigenvalue weighted by atomic mass is 10.3. The average Bonchev–Trinajstić information content (AvgIpc) is 2.97. The number of hydrogen-bond acceptors (Lipinski definition) is 3. The molecule has 23 heavy (non-hydrogen) atoms. The van der Waals surface area contributed by atoms with Crippen molar-refractivity contribution in [1.29, 1.82) is 0 Å². The van der Waals surface area contributed by atoms with E-state index in [1.54, 1.807) is 30.5 Å². The van der Waals surface area contributed by atoms with Crippen molar-refractivity contribution in [2.75, 3.05) is 20.2 Å². The van der Waals surface area contributed by atoms with Crippen molar-refractivity contribution >= 4 is 17.3 Å². The lowest BCUT2D eigenvalue weighted by Gasteiger charge is -2.11. The lowest BCUT2D eigenvalue weighted by molar-refractivity contribution is 0.310. The number of nitrogens with one attached hydrogen (secondary N) is 2. The first-order valence-corrected chi connectivity index (χ1v) is 8.37. The van der Waals surface area contributed by atoms with Crippen LogP contribution in [0.25, 0.3) is 0 Å². The van der Waals surface area contributed by atoms with Crippen molar-refractivity contribution in [2.45, 2.75) is 19.9 Å². The van der Waals surface area contributed by atoms with Gasteiger partial charge >= 0.3 is 0 Å². The summed E-state index contributed by atoms with van der Waals surface area (Å²) in [5.41, 5.74) is 0. The van der Waals surface area contributed by atoms with Gasteiger partial charge in [-0.3, -0.25) is 4.99 Å². The Morgan fingerprint density at radius 3 is 2.61 bits per heavy atom. The van der Waals surface area contributed by atoms with E-state index in [-0.39, 0.29) is 5.82 Å². The minimum absolute atomic E-state index is 0.255. The van der Waals surface area contributed by atoms with Crippen LogP contribution in [-0.4, -0.2) is 26.2 Å². The molecule has 0 spiro atoms. The van der Waals surface area contributed by atoms with Gasteiger partial charge in [0.2, 0.25) is 0 Å². The normalized spacial score (nSPS) is 11.3. The molecule has 6 heteroatoms. The smallest absolute Gasteiger partial charge is 0.191 e. The second-order valence-electron chi connectivity index (χ2n) is 5.02. The quantitative estimate of drug-likeness (QED) is 0.463. The summed E-state index contributed by atoms with van der Waals surface area (Å²) in [6, 6.07) is 10.3. The minimum atomic E-state index is -0.255. The number of rotatable bonds is 7. The first kappa shape index (κ1) is 17.3. The van der Waals surface area contributed by atoms with Crippen LogP contribution in [0.5, 0.6) is 5.75 Å². The third-order valence-electron chi connectivity index (χ3n) is 3.15. The maximum Gasteiger partial charge on any atom is 0.191 e. The molecule has 4 nitrogen and oxygen atoms in total. The highest BCUT2D eigenvalue weighted by molar-refractivity contribution is 7.11. The number of ether oxygens (including phenoxy) is 1. The van der Waals surface area contributed by atoms with E-state index in [0.717, 1.165) is 25.5 Å². The van der Waals surface area contributed by atoms with Crippen LogP contribution < -0.4 is 15.4 Å². The van der Waals surface area contributed by atoms with Gasteiger partial charge in [-0.2, -0.15) is 0 Å². The average molecular weight is 335 g/mol. The lowest BCUT2D eigenvalue weighted by Crippen LogP contribution is -2.37. The van der Waals surface area contributed by atoms with Crippen molar-refractivity contribution in [3.8, 4) is 5.75 Å². The molecule has 0 aliphatic rings. The van der Waals surface area contributed by atoms with E-state index in [2.05, 4.69) is 34.7 Å². The van der Waals surface area contributed by atoms with E-state index in [0.29, 0.717) is 12.4 Å². The van der Waals surface area contributed by atoms with Crippen LogP contribution in [0.3, 0.4) is 0 Å². The van der Waals surface area contributed by atoms with Crippen molar-refractivity contribution in [2.24, 2.45) is 4.99 Å². The summed E-state index contributed by atoms with van der Waals surface area (Å²) >= 11 is 1.78. The number of thiophene rings is 1. The largest absolute Gasteiger partial charge is 0.494 e. The topological polar surface area (TPSA) is 45.7 Å². The first-order valence-electron chi connectivity index (χ1n) is 7.55. The summed E-state index contributed by atoms with van der Waals surface area (Å²) in [4.78, 5) is 6.78. The summed E-state index contributed by atoms with van der Waals surface area (Å²) in [6.07, 6.45) is 0.830. The zero-order chi connectivity index (χ0) is 16.5. The molecule has 0 unspecified atom stereocenters. The van der Waals surface area contributed by atoms with Gasteiger partial charge in [0.15, 0.2) is 5.96 Å². The predicted molar refractivity (Wildman–Crippen MR) is 93.8 cm³/mol. The Bertz CT molecular complexity index is 625. The van der Waals surface area contributed by atoms with Crippen LogP contribution in [0.1, 0.15) is 16.2 Å². The molecule has 0 fully saturated rings. The van der Waals surface area contributed by atoms with Gasteiger partial charge in [0.25, 0.3) is 0 Å². The van der Waals surface area contributed by atoms with Crippen LogP contribution >= 0.6 is 11.3 Å². The maximum atomic E-state index is 12.8. The highest BCUT2D eigenvalue weighted by atomic mass is 32.1. The molecule has 1 aromatic heterocycles. The van der Waals surface area contributed by atoms with E-state index in [1.165, 1.54) is 21.9 Å². The fourth-order valence-electron chi connectivity index (χ4n) is 1.97. The van der Waals surface area contributed by atoms with E-state index >= 15 is 0 Å². The van der Waals surface area contributed by atoms with Crippen LogP contribution in [0, 0.1) is 12.7 Å². The second-order valence-corrected chi connectivity index (χ2v) is 6.39.